The summed E-state index contributed by atoms with van der Waals surface area (Å²) in [5, 5.41) is 2.13. The van der Waals surface area contributed by atoms with Gasteiger partial charge in [-0.3, -0.25) is 0 Å². The second-order valence-corrected chi connectivity index (χ2v) is 4.83. The number of aryl methyl sites for hydroxylation is 1. The van der Waals surface area contributed by atoms with E-state index in [1.807, 2.05) is 0 Å². The Morgan fingerprint density at radius 2 is 2.20 bits per heavy atom. The number of thiophene rings is 1. The summed E-state index contributed by atoms with van der Waals surface area (Å²) in [6.07, 6.45) is 7.05. The molecule has 2 radical (unpaired) electrons. The second kappa shape index (κ2) is 3.82. The Bertz CT molecular complexity index is 454. The molecule has 0 saturated carbocycles. The Morgan fingerprint density at radius 3 is 3.07 bits per heavy atom. The third-order valence-electron chi connectivity index (χ3n) is 2.85. The fourth-order valence-electron chi connectivity index (χ4n) is 2.06. The van der Waals surface area contributed by atoms with Crippen molar-refractivity contribution >= 4 is 11.3 Å². The number of hydrogen-bond donors (Lipinski definition) is 0. The summed E-state index contributed by atoms with van der Waals surface area (Å²) in [5.74, 6) is 0. The molecule has 0 saturated heterocycles. The summed E-state index contributed by atoms with van der Waals surface area (Å²) in [7, 11) is 0. The smallest absolute Gasteiger partial charge is 0.0342 e. The van der Waals surface area contributed by atoms with Gasteiger partial charge in [0.1, 0.15) is 0 Å². The van der Waals surface area contributed by atoms with Gasteiger partial charge in [-0.1, -0.05) is 18.2 Å². The molecule has 0 N–H and O–H groups in total. The molecule has 0 unspecified atom stereocenters. The Kier molecular flexibility index (Phi) is 2.34. The SMILES string of the molecule is [C]1CCCc2ccc(-c3cccs3)cc21. The van der Waals surface area contributed by atoms with Crippen LogP contribution in [0.15, 0.2) is 35.7 Å². The van der Waals surface area contributed by atoms with Crippen LogP contribution in [0, 0.1) is 6.42 Å². The highest BCUT2D eigenvalue weighted by molar-refractivity contribution is 7.13. The largest absolute Gasteiger partial charge is 0.144 e. The number of rotatable bonds is 1. The lowest BCUT2D eigenvalue weighted by Crippen LogP contribution is -2.00. The van der Waals surface area contributed by atoms with E-state index in [0.717, 1.165) is 6.42 Å². The molecule has 1 aromatic heterocycles. The van der Waals surface area contributed by atoms with Crippen molar-refractivity contribution in [1.29, 1.82) is 0 Å². The predicted octanol–water partition coefficient (Wildman–Crippen LogP) is 4.18. The summed E-state index contributed by atoms with van der Waals surface area (Å²) in [6.45, 7) is 0. The van der Waals surface area contributed by atoms with Crippen LogP contribution in [0.25, 0.3) is 10.4 Å². The molecule has 3 rings (SSSR count). The first-order valence-corrected chi connectivity index (χ1v) is 6.22. The lowest BCUT2D eigenvalue weighted by Gasteiger charge is -2.15. The van der Waals surface area contributed by atoms with Gasteiger partial charge in [0.15, 0.2) is 0 Å². The average molecular weight is 212 g/mol. The molecule has 2 aromatic rings. The van der Waals surface area contributed by atoms with E-state index in [1.165, 1.54) is 34.4 Å². The molecule has 1 aliphatic carbocycles. The van der Waals surface area contributed by atoms with Crippen LogP contribution in [0.2, 0.25) is 0 Å². The minimum atomic E-state index is 1.11. The summed E-state index contributed by atoms with van der Waals surface area (Å²) in [6, 6.07) is 11.1. The molecular weight excluding hydrogens is 200 g/mol. The Balaban J connectivity index is 2.04. The fourth-order valence-corrected chi connectivity index (χ4v) is 2.78. The normalized spacial score (nSPS) is 14.9. The van der Waals surface area contributed by atoms with Gasteiger partial charge in [0.25, 0.3) is 0 Å². The zero-order chi connectivity index (χ0) is 10.1. The molecule has 1 heteroatoms. The van der Waals surface area contributed by atoms with E-state index in [4.69, 9.17) is 0 Å². The van der Waals surface area contributed by atoms with E-state index in [0.29, 0.717) is 0 Å². The first kappa shape index (κ1) is 9.17. The van der Waals surface area contributed by atoms with Crippen LogP contribution in [0.3, 0.4) is 0 Å². The van der Waals surface area contributed by atoms with Crippen molar-refractivity contribution in [2.45, 2.75) is 19.3 Å². The molecule has 0 aliphatic heterocycles. The second-order valence-electron chi connectivity index (χ2n) is 3.88. The van der Waals surface area contributed by atoms with Gasteiger partial charge in [0.2, 0.25) is 0 Å². The quantitative estimate of drug-likeness (QED) is 0.665. The van der Waals surface area contributed by atoms with Crippen LogP contribution in [-0.4, -0.2) is 0 Å². The van der Waals surface area contributed by atoms with Gasteiger partial charge in [0.05, 0.1) is 0 Å². The van der Waals surface area contributed by atoms with E-state index in [1.54, 1.807) is 11.3 Å². The van der Waals surface area contributed by atoms with Crippen molar-refractivity contribution in [3.05, 3.63) is 53.3 Å². The zero-order valence-corrected chi connectivity index (χ0v) is 9.31. The molecule has 0 amide bonds. The van der Waals surface area contributed by atoms with E-state index in [2.05, 4.69) is 42.1 Å². The first-order chi connectivity index (χ1) is 7.43. The van der Waals surface area contributed by atoms with Crippen LogP contribution < -0.4 is 0 Å². The minimum Gasteiger partial charge on any atom is -0.144 e. The van der Waals surface area contributed by atoms with Crippen molar-refractivity contribution in [2.75, 3.05) is 0 Å². The van der Waals surface area contributed by atoms with Gasteiger partial charge in [-0.15, -0.1) is 11.3 Å². The molecule has 1 heterocycles. The fraction of sp³-hybridized carbons (Fsp3) is 0.214. The summed E-state index contributed by atoms with van der Waals surface area (Å²) < 4.78 is 0. The highest BCUT2D eigenvalue weighted by Crippen LogP contribution is 2.30. The monoisotopic (exact) mass is 212 g/mol. The van der Waals surface area contributed by atoms with E-state index in [-0.39, 0.29) is 0 Å². The molecule has 0 nitrogen and oxygen atoms in total. The van der Waals surface area contributed by atoms with Gasteiger partial charge < -0.3 is 0 Å². The zero-order valence-electron chi connectivity index (χ0n) is 8.49. The lowest BCUT2D eigenvalue weighted by atomic mass is 9.90. The van der Waals surface area contributed by atoms with Crippen LogP contribution in [0.1, 0.15) is 24.0 Å². The number of benzene rings is 1. The minimum absolute atomic E-state index is 1.11. The summed E-state index contributed by atoms with van der Waals surface area (Å²) >= 11 is 1.80. The van der Waals surface area contributed by atoms with Gasteiger partial charge in [0, 0.05) is 11.3 Å². The summed E-state index contributed by atoms with van der Waals surface area (Å²) in [4.78, 5) is 1.35. The van der Waals surface area contributed by atoms with Crippen LogP contribution >= 0.6 is 11.3 Å². The van der Waals surface area contributed by atoms with Crippen molar-refractivity contribution in [1.82, 2.24) is 0 Å². The Hall–Kier alpha value is -1.08. The topological polar surface area (TPSA) is 0 Å². The molecule has 0 bridgehead atoms. The van der Waals surface area contributed by atoms with E-state index < -0.39 is 0 Å². The van der Waals surface area contributed by atoms with Crippen molar-refractivity contribution in [3.8, 4) is 10.4 Å². The predicted molar refractivity (Wildman–Crippen MR) is 65.0 cm³/mol. The third-order valence-corrected chi connectivity index (χ3v) is 3.77. The molecular formula is C14H12S. The lowest BCUT2D eigenvalue weighted by molar-refractivity contribution is 0.775. The van der Waals surface area contributed by atoms with Crippen molar-refractivity contribution in [3.63, 3.8) is 0 Å². The van der Waals surface area contributed by atoms with E-state index >= 15 is 0 Å². The van der Waals surface area contributed by atoms with Crippen LogP contribution in [0.4, 0.5) is 0 Å². The van der Waals surface area contributed by atoms with Crippen molar-refractivity contribution in [2.24, 2.45) is 0 Å². The maximum absolute atomic E-state index is 3.47. The highest BCUT2D eigenvalue weighted by Gasteiger charge is 2.10. The van der Waals surface area contributed by atoms with Gasteiger partial charge in [-0.25, -0.2) is 0 Å². The number of hydrogen-bond acceptors (Lipinski definition) is 1. The van der Waals surface area contributed by atoms with E-state index in [9.17, 15) is 0 Å². The van der Waals surface area contributed by atoms with Gasteiger partial charge >= 0.3 is 0 Å². The Morgan fingerprint density at radius 1 is 1.20 bits per heavy atom. The highest BCUT2D eigenvalue weighted by atomic mass is 32.1. The molecule has 74 valence electrons. The van der Waals surface area contributed by atoms with Crippen molar-refractivity contribution < 1.29 is 0 Å². The maximum atomic E-state index is 3.47. The van der Waals surface area contributed by atoms with Gasteiger partial charge in [-0.2, -0.15) is 0 Å². The molecule has 0 spiro atoms. The Labute approximate surface area is 94.6 Å². The molecule has 15 heavy (non-hydrogen) atoms. The standard InChI is InChI=1S/C14H12S/c1-2-5-12-10-13(8-7-11(12)4-1)14-6-3-9-15-14/h3,6-10H,1-2,4H2. The van der Waals surface area contributed by atoms with Crippen LogP contribution in [-0.2, 0) is 6.42 Å². The molecule has 0 atom stereocenters. The first-order valence-electron chi connectivity index (χ1n) is 5.34. The van der Waals surface area contributed by atoms with Gasteiger partial charge in [-0.05, 0) is 53.5 Å². The number of fused-ring (bicyclic) bond motifs is 1. The maximum Gasteiger partial charge on any atom is 0.0342 e. The summed E-state index contributed by atoms with van der Waals surface area (Å²) in [5.41, 5.74) is 4.12. The average Bonchev–Trinajstić information content (AvgIpc) is 2.82. The third kappa shape index (κ3) is 1.72. The molecule has 0 fully saturated rings. The van der Waals surface area contributed by atoms with Crippen LogP contribution in [0.5, 0.6) is 0 Å². The molecule has 1 aromatic carbocycles. The molecule has 1 aliphatic rings.